The highest BCUT2D eigenvalue weighted by atomic mass is 16.5. The third-order valence-corrected chi connectivity index (χ3v) is 3.07. The molecule has 1 unspecified atom stereocenters. The van der Waals surface area contributed by atoms with Gasteiger partial charge < -0.3 is 4.74 Å². The number of rotatable bonds is 5. The van der Waals surface area contributed by atoms with Crippen LogP contribution < -0.4 is 4.74 Å². The summed E-state index contributed by atoms with van der Waals surface area (Å²) in [5, 5.41) is 0. The summed E-state index contributed by atoms with van der Waals surface area (Å²) in [7, 11) is 0. The lowest BCUT2D eigenvalue weighted by atomic mass is 10.0. The van der Waals surface area contributed by atoms with Crippen LogP contribution in [0.2, 0.25) is 0 Å². The minimum atomic E-state index is -0.165. The Morgan fingerprint density at radius 1 is 1.00 bits per heavy atom. The van der Waals surface area contributed by atoms with Gasteiger partial charge in [-0.2, -0.15) is 0 Å². The summed E-state index contributed by atoms with van der Waals surface area (Å²) in [6, 6.07) is 19.4. The van der Waals surface area contributed by atoms with Crippen LogP contribution in [0.15, 0.2) is 60.7 Å². The Balaban J connectivity index is 1.83. The number of aryl methyl sites for hydroxylation is 1. The maximum atomic E-state index is 11.9. The number of esters is 1. The summed E-state index contributed by atoms with van der Waals surface area (Å²) in [6.45, 7) is 1.91. The van der Waals surface area contributed by atoms with Crippen LogP contribution in [0.25, 0.3) is 0 Å². The average Bonchev–Trinajstić information content (AvgIpc) is 2.47. The fourth-order valence-corrected chi connectivity index (χ4v) is 1.85. The van der Waals surface area contributed by atoms with Crippen LogP contribution in [0.3, 0.4) is 0 Å². The second-order valence-electron chi connectivity index (χ2n) is 4.66. The zero-order chi connectivity index (χ0) is 13.5. The number of ether oxygens (including phenoxy) is 1. The van der Waals surface area contributed by atoms with E-state index in [0.717, 1.165) is 12.8 Å². The van der Waals surface area contributed by atoms with Crippen LogP contribution in [0.1, 0.15) is 18.9 Å². The first-order valence-electron chi connectivity index (χ1n) is 6.56. The molecule has 0 amide bonds. The van der Waals surface area contributed by atoms with Gasteiger partial charge in [-0.05, 0) is 30.5 Å². The lowest BCUT2D eigenvalue weighted by Gasteiger charge is -2.11. The third kappa shape index (κ3) is 4.25. The zero-order valence-corrected chi connectivity index (χ0v) is 11.1. The number of benzene rings is 2. The van der Waals surface area contributed by atoms with Crippen molar-refractivity contribution in [3.8, 4) is 5.75 Å². The fourth-order valence-electron chi connectivity index (χ4n) is 1.85. The van der Waals surface area contributed by atoms with Crippen molar-refractivity contribution in [1.82, 2.24) is 0 Å². The number of hydrogen-bond donors (Lipinski definition) is 0. The summed E-state index contributed by atoms with van der Waals surface area (Å²) in [4.78, 5) is 11.9. The highest BCUT2D eigenvalue weighted by molar-refractivity contribution is 5.74. The first kappa shape index (κ1) is 13.3. The lowest BCUT2D eigenvalue weighted by Crippen LogP contribution is -2.18. The minimum absolute atomic E-state index is 0.0968. The molecule has 2 heteroatoms. The normalized spacial score (nSPS) is 11.8. The molecule has 0 aliphatic rings. The van der Waals surface area contributed by atoms with Crippen molar-refractivity contribution in [2.24, 2.45) is 5.92 Å². The van der Waals surface area contributed by atoms with Gasteiger partial charge in [0.05, 0.1) is 5.92 Å². The van der Waals surface area contributed by atoms with Crippen molar-refractivity contribution in [2.45, 2.75) is 19.8 Å². The summed E-state index contributed by atoms with van der Waals surface area (Å²) >= 11 is 0. The summed E-state index contributed by atoms with van der Waals surface area (Å²) in [6.07, 6.45) is 1.70. The predicted octanol–water partition coefficient (Wildman–Crippen LogP) is 3.86. The molecule has 2 aromatic rings. The van der Waals surface area contributed by atoms with Crippen LogP contribution in [-0.2, 0) is 11.2 Å². The molecule has 0 bridgehead atoms. The Morgan fingerprint density at radius 3 is 2.21 bits per heavy atom. The van der Waals surface area contributed by atoms with Gasteiger partial charge in [-0.1, -0.05) is 55.5 Å². The van der Waals surface area contributed by atoms with Gasteiger partial charge in [0, 0.05) is 0 Å². The largest absolute Gasteiger partial charge is 0.426 e. The Kier molecular flexibility index (Phi) is 4.73. The van der Waals surface area contributed by atoms with Crippen LogP contribution in [0.5, 0.6) is 5.75 Å². The van der Waals surface area contributed by atoms with Gasteiger partial charge in [0.2, 0.25) is 0 Å². The molecule has 0 saturated heterocycles. The highest BCUT2D eigenvalue weighted by Crippen LogP contribution is 2.14. The van der Waals surface area contributed by atoms with E-state index >= 15 is 0 Å². The second kappa shape index (κ2) is 6.74. The standard InChI is InChI=1S/C17H18O2/c1-14(12-13-15-8-4-2-5-9-15)17(18)19-16-10-6-3-7-11-16/h2-11,14H,12-13H2,1H3. The zero-order valence-electron chi connectivity index (χ0n) is 11.1. The Morgan fingerprint density at radius 2 is 1.58 bits per heavy atom. The van der Waals surface area contributed by atoms with Crippen LogP contribution in [-0.4, -0.2) is 5.97 Å². The first-order chi connectivity index (χ1) is 9.25. The van der Waals surface area contributed by atoms with E-state index in [2.05, 4.69) is 12.1 Å². The minimum Gasteiger partial charge on any atom is -0.426 e. The molecule has 2 rings (SSSR count). The summed E-state index contributed by atoms with van der Waals surface area (Å²) in [5.74, 6) is 0.349. The Hall–Kier alpha value is -2.09. The van der Waals surface area contributed by atoms with Gasteiger partial charge in [-0.3, -0.25) is 4.79 Å². The number of carbonyl (C=O) groups excluding carboxylic acids is 1. The van der Waals surface area contributed by atoms with E-state index in [1.807, 2.05) is 43.3 Å². The first-order valence-corrected chi connectivity index (χ1v) is 6.56. The molecule has 0 spiro atoms. The van der Waals surface area contributed by atoms with Crippen molar-refractivity contribution in [1.29, 1.82) is 0 Å². The van der Waals surface area contributed by atoms with E-state index in [0.29, 0.717) is 5.75 Å². The topological polar surface area (TPSA) is 26.3 Å². The molecule has 0 radical (unpaired) electrons. The molecular formula is C17H18O2. The van der Waals surface area contributed by atoms with Crippen molar-refractivity contribution < 1.29 is 9.53 Å². The lowest BCUT2D eigenvalue weighted by molar-refractivity contribution is -0.138. The fraction of sp³-hybridized carbons (Fsp3) is 0.235. The van der Waals surface area contributed by atoms with Crippen molar-refractivity contribution >= 4 is 5.97 Å². The SMILES string of the molecule is CC(CCc1ccccc1)C(=O)Oc1ccccc1. The monoisotopic (exact) mass is 254 g/mol. The van der Waals surface area contributed by atoms with Gasteiger partial charge in [0.25, 0.3) is 0 Å². The average molecular weight is 254 g/mol. The van der Waals surface area contributed by atoms with Crippen molar-refractivity contribution in [3.63, 3.8) is 0 Å². The molecule has 0 aliphatic carbocycles. The molecule has 98 valence electrons. The van der Waals surface area contributed by atoms with E-state index in [9.17, 15) is 4.79 Å². The summed E-state index contributed by atoms with van der Waals surface area (Å²) in [5.41, 5.74) is 1.25. The quantitative estimate of drug-likeness (QED) is 0.598. The number of hydrogen-bond acceptors (Lipinski definition) is 2. The molecule has 19 heavy (non-hydrogen) atoms. The molecule has 2 nitrogen and oxygen atoms in total. The molecule has 0 N–H and O–H groups in total. The van der Waals surface area contributed by atoms with E-state index in [1.54, 1.807) is 12.1 Å². The maximum absolute atomic E-state index is 11.9. The molecular weight excluding hydrogens is 236 g/mol. The molecule has 0 saturated carbocycles. The molecule has 0 fully saturated rings. The Labute approximate surface area is 114 Å². The Bertz CT molecular complexity index is 505. The van der Waals surface area contributed by atoms with Crippen LogP contribution in [0.4, 0.5) is 0 Å². The summed E-state index contributed by atoms with van der Waals surface area (Å²) < 4.78 is 5.33. The number of carbonyl (C=O) groups is 1. The van der Waals surface area contributed by atoms with E-state index < -0.39 is 0 Å². The molecule has 1 atom stereocenters. The van der Waals surface area contributed by atoms with E-state index in [4.69, 9.17) is 4.74 Å². The van der Waals surface area contributed by atoms with Crippen LogP contribution in [0, 0.1) is 5.92 Å². The second-order valence-corrected chi connectivity index (χ2v) is 4.66. The molecule has 0 aromatic heterocycles. The van der Waals surface area contributed by atoms with Crippen molar-refractivity contribution in [3.05, 3.63) is 66.2 Å². The van der Waals surface area contributed by atoms with Gasteiger partial charge in [-0.25, -0.2) is 0 Å². The number of para-hydroxylation sites is 1. The van der Waals surface area contributed by atoms with Crippen molar-refractivity contribution in [2.75, 3.05) is 0 Å². The molecule has 0 heterocycles. The van der Waals surface area contributed by atoms with Gasteiger partial charge >= 0.3 is 5.97 Å². The van der Waals surface area contributed by atoms with Crippen LogP contribution >= 0.6 is 0 Å². The maximum Gasteiger partial charge on any atom is 0.314 e. The molecule has 2 aromatic carbocycles. The smallest absolute Gasteiger partial charge is 0.314 e. The third-order valence-electron chi connectivity index (χ3n) is 3.07. The predicted molar refractivity (Wildman–Crippen MR) is 76.0 cm³/mol. The van der Waals surface area contributed by atoms with E-state index in [-0.39, 0.29) is 11.9 Å². The van der Waals surface area contributed by atoms with E-state index in [1.165, 1.54) is 5.56 Å². The highest BCUT2D eigenvalue weighted by Gasteiger charge is 2.15. The van der Waals surface area contributed by atoms with Gasteiger partial charge in [0.1, 0.15) is 5.75 Å². The van der Waals surface area contributed by atoms with Gasteiger partial charge in [0.15, 0.2) is 0 Å². The molecule has 0 aliphatic heterocycles. The van der Waals surface area contributed by atoms with Gasteiger partial charge in [-0.15, -0.1) is 0 Å².